The van der Waals surface area contributed by atoms with E-state index in [9.17, 15) is 4.79 Å². The van der Waals surface area contributed by atoms with Gasteiger partial charge in [0.05, 0.1) is 10.6 Å². The fraction of sp³-hybridized carbons (Fsp3) is 0.462. The summed E-state index contributed by atoms with van der Waals surface area (Å²) in [6.07, 6.45) is 3.33. The van der Waals surface area contributed by atoms with Crippen LogP contribution in [-0.4, -0.2) is 11.9 Å². The fourth-order valence-electron chi connectivity index (χ4n) is 2.28. The molecule has 0 heterocycles. The Morgan fingerprint density at radius 2 is 2.24 bits per heavy atom. The minimum atomic E-state index is -0.0737. The zero-order valence-electron chi connectivity index (χ0n) is 9.67. The van der Waals surface area contributed by atoms with E-state index in [1.165, 1.54) is 6.42 Å². The lowest BCUT2D eigenvalue weighted by Crippen LogP contribution is -2.33. The van der Waals surface area contributed by atoms with Crippen molar-refractivity contribution in [1.29, 1.82) is 0 Å². The molecule has 0 spiro atoms. The summed E-state index contributed by atoms with van der Waals surface area (Å²) in [6, 6.07) is 5.70. The third kappa shape index (κ3) is 3.02. The van der Waals surface area contributed by atoms with E-state index in [0.717, 1.165) is 17.3 Å². The molecule has 0 bridgehead atoms. The molecule has 2 unspecified atom stereocenters. The molecule has 2 rings (SSSR count). The van der Waals surface area contributed by atoms with Crippen LogP contribution in [0.2, 0.25) is 5.02 Å². The molecule has 0 aromatic heterocycles. The van der Waals surface area contributed by atoms with Gasteiger partial charge in [0, 0.05) is 10.5 Å². The summed E-state index contributed by atoms with van der Waals surface area (Å²) in [5, 5.41) is 3.53. The van der Waals surface area contributed by atoms with Crippen LogP contribution >= 0.6 is 27.5 Å². The van der Waals surface area contributed by atoms with Gasteiger partial charge in [0.1, 0.15) is 0 Å². The Kier molecular flexibility index (Phi) is 4.10. The SMILES string of the molecule is CC1CCC(NC(=O)c2cccc(Br)c2Cl)C1. The molecule has 1 aliphatic carbocycles. The first kappa shape index (κ1) is 12.9. The average molecular weight is 317 g/mol. The smallest absolute Gasteiger partial charge is 0.253 e. The Morgan fingerprint density at radius 3 is 2.88 bits per heavy atom. The van der Waals surface area contributed by atoms with Crippen molar-refractivity contribution in [2.45, 2.75) is 32.2 Å². The number of halogens is 2. The molecule has 2 nitrogen and oxygen atoms in total. The monoisotopic (exact) mass is 315 g/mol. The highest BCUT2D eigenvalue weighted by Crippen LogP contribution is 2.28. The maximum atomic E-state index is 12.1. The first-order valence-corrected chi connectivity index (χ1v) is 7.00. The van der Waals surface area contributed by atoms with Crippen LogP contribution in [0.25, 0.3) is 0 Å². The van der Waals surface area contributed by atoms with Gasteiger partial charge in [-0.3, -0.25) is 4.79 Å². The van der Waals surface area contributed by atoms with Gasteiger partial charge in [-0.05, 0) is 53.2 Å². The van der Waals surface area contributed by atoms with Crippen molar-refractivity contribution in [2.75, 3.05) is 0 Å². The Labute approximate surface area is 115 Å². The summed E-state index contributed by atoms with van der Waals surface area (Å²) in [7, 11) is 0. The molecule has 0 radical (unpaired) electrons. The number of benzene rings is 1. The lowest BCUT2D eigenvalue weighted by molar-refractivity contribution is 0.0937. The summed E-state index contributed by atoms with van der Waals surface area (Å²) in [5.74, 6) is 0.633. The van der Waals surface area contributed by atoms with Crippen LogP contribution in [0.3, 0.4) is 0 Å². The standard InChI is InChI=1S/C13H15BrClNO/c1-8-5-6-9(7-8)16-13(17)10-3-2-4-11(14)12(10)15/h2-4,8-9H,5-7H2,1H3,(H,16,17). The van der Waals surface area contributed by atoms with Crippen LogP contribution in [0, 0.1) is 5.92 Å². The maximum Gasteiger partial charge on any atom is 0.253 e. The van der Waals surface area contributed by atoms with Crippen LogP contribution in [-0.2, 0) is 0 Å². The Bertz CT molecular complexity index is 435. The van der Waals surface area contributed by atoms with E-state index in [2.05, 4.69) is 28.2 Å². The Morgan fingerprint density at radius 1 is 1.47 bits per heavy atom. The maximum absolute atomic E-state index is 12.1. The first-order chi connectivity index (χ1) is 8.08. The number of rotatable bonds is 2. The first-order valence-electron chi connectivity index (χ1n) is 5.83. The minimum absolute atomic E-state index is 0.0737. The Balaban J connectivity index is 2.07. The third-order valence-electron chi connectivity index (χ3n) is 3.23. The molecular weight excluding hydrogens is 302 g/mol. The second kappa shape index (κ2) is 5.40. The quantitative estimate of drug-likeness (QED) is 0.877. The summed E-state index contributed by atoms with van der Waals surface area (Å²) in [5.41, 5.74) is 0.542. The molecular formula is C13H15BrClNO. The Hall–Kier alpha value is -0.540. The molecule has 2 atom stereocenters. The molecule has 92 valence electrons. The summed E-state index contributed by atoms with van der Waals surface area (Å²) >= 11 is 9.42. The van der Waals surface area contributed by atoms with E-state index >= 15 is 0 Å². The molecule has 1 aliphatic rings. The molecule has 1 fully saturated rings. The molecule has 17 heavy (non-hydrogen) atoms. The summed E-state index contributed by atoms with van der Waals surface area (Å²) < 4.78 is 0.756. The largest absolute Gasteiger partial charge is 0.349 e. The normalized spacial score (nSPS) is 23.7. The topological polar surface area (TPSA) is 29.1 Å². The van der Waals surface area contributed by atoms with Crippen LogP contribution in [0.4, 0.5) is 0 Å². The van der Waals surface area contributed by atoms with E-state index in [4.69, 9.17) is 11.6 Å². The van der Waals surface area contributed by atoms with E-state index in [1.54, 1.807) is 6.07 Å². The number of amides is 1. The second-order valence-electron chi connectivity index (χ2n) is 4.69. The molecule has 1 amide bonds. The van der Waals surface area contributed by atoms with Gasteiger partial charge >= 0.3 is 0 Å². The molecule has 4 heteroatoms. The van der Waals surface area contributed by atoms with E-state index in [-0.39, 0.29) is 5.91 Å². The summed E-state index contributed by atoms with van der Waals surface area (Å²) in [4.78, 5) is 12.1. The lowest BCUT2D eigenvalue weighted by atomic mass is 10.1. The van der Waals surface area contributed by atoms with Crippen molar-refractivity contribution in [3.63, 3.8) is 0 Å². The molecule has 1 saturated carbocycles. The fourth-order valence-corrected chi connectivity index (χ4v) is 2.86. The number of nitrogens with one attached hydrogen (secondary N) is 1. The van der Waals surface area contributed by atoms with Gasteiger partial charge < -0.3 is 5.32 Å². The van der Waals surface area contributed by atoms with Gasteiger partial charge in [-0.1, -0.05) is 24.6 Å². The third-order valence-corrected chi connectivity index (χ3v) is 4.52. The van der Waals surface area contributed by atoms with Crippen molar-refractivity contribution in [2.24, 2.45) is 5.92 Å². The van der Waals surface area contributed by atoms with Crippen LogP contribution in [0.5, 0.6) is 0 Å². The van der Waals surface area contributed by atoms with Crippen LogP contribution < -0.4 is 5.32 Å². The number of hydrogen-bond acceptors (Lipinski definition) is 1. The van der Waals surface area contributed by atoms with E-state index < -0.39 is 0 Å². The lowest BCUT2D eigenvalue weighted by Gasteiger charge is -2.13. The van der Waals surface area contributed by atoms with Crippen molar-refractivity contribution in [3.8, 4) is 0 Å². The highest BCUT2D eigenvalue weighted by atomic mass is 79.9. The van der Waals surface area contributed by atoms with Crippen LogP contribution in [0.1, 0.15) is 36.5 Å². The number of hydrogen-bond donors (Lipinski definition) is 1. The van der Waals surface area contributed by atoms with Crippen molar-refractivity contribution < 1.29 is 4.79 Å². The predicted molar refractivity (Wildman–Crippen MR) is 73.4 cm³/mol. The molecule has 0 saturated heterocycles. The summed E-state index contributed by atoms with van der Waals surface area (Å²) in [6.45, 7) is 2.22. The van der Waals surface area contributed by atoms with E-state index in [0.29, 0.717) is 22.5 Å². The highest BCUT2D eigenvalue weighted by molar-refractivity contribution is 9.10. The van der Waals surface area contributed by atoms with Crippen molar-refractivity contribution >= 4 is 33.4 Å². The highest BCUT2D eigenvalue weighted by Gasteiger charge is 2.24. The van der Waals surface area contributed by atoms with Gasteiger partial charge in [0.2, 0.25) is 0 Å². The van der Waals surface area contributed by atoms with E-state index in [1.807, 2.05) is 12.1 Å². The molecule has 1 aromatic rings. The van der Waals surface area contributed by atoms with Gasteiger partial charge in [0.15, 0.2) is 0 Å². The van der Waals surface area contributed by atoms with Crippen LogP contribution in [0.15, 0.2) is 22.7 Å². The van der Waals surface area contributed by atoms with Crippen molar-refractivity contribution in [3.05, 3.63) is 33.3 Å². The van der Waals surface area contributed by atoms with Gasteiger partial charge in [0.25, 0.3) is 5.91 Å². The number of carbonyl (C=O) groups excluding carboxylic acids is 1. The molecule has 0 aliphatic heterocycles. The van der Waals surface area contributed by atoms with Gasteiger partial charge in [-0.2, -0.15) is 0 Å². The van der Waals surface area contributed by atoms with Gasteiger partial charge in [-0.25, -0.2) is 0 Å². The molecule has 1 N–H and O–H groups in total. The average Bonchev–Trinajstić information content (AvgIpc) is 2.68. The minimum Gasteiger partial charge on any atom is -0.349 e. The zero-order chi connectivity index (χ0) is 12.4. The second-order valence-corrected chi connectivity index (χ2v) is 5.92. The number of carbonyl (C=O) groups is 1. The van der Waals surface area contributed by atoms with Gasteiger partial charge in [-0.15, -0.1) is 0 Å². The molecule has 1 aromatic carbocycles. The zero-order valence-corrected chi connectivity index (χ0v) is 12.0. The predicted octanol–water partition coefficient (Wildman–Crippen LogP) is 4.02. The van der Waals surface area contributed by atoms with Crippen molar-refractivity contribution in [1.82, 2.24) is 5.32 Å².